The Morgan fingerprint density at radius 2 is 1.72 bits per heavy atom. The molecule has 0 radical (unpaired) electrons. The van der Waals surface area contributed by atoms with Crippen molar-refractivity contribution < 1.29 is 14.1 Å². The quantitative estimate of drug-likeness (QED) is 0.613. The highest BCUT2D eigenvalue weighted by Crippen LogP contribution is 2.46. The molecule has 2 unspecified atom stereocenters. The molecule has 25 heavy (non-hydrogen) atoms. The Kier molecular flexibility index (Phi) is 4.29. The highest BCUT2D eigenvalue weighted by molar-refractivity contribution is 8.00. The molecule has 134 valence electrons. The summed E-state index contributed by atoms with van der Waals surface area (Å²) in [6.07, 6.45) is 6.31. The van der Waals surface area contributed by atoms with Crippen LogP contribution in [0.2, 0.25) is 0 Å². The number of nitrogens with zero attached hydrogens (tertiary/aromatic N) is 1. The fourth-order valence-electron chi connectivity index (χ4n) is 3.95. The molecule has 0 spiro atoms. The molecule has 1 aromatic heterocycles. The fourth-order valence-corrected chi connectivity index (χ4v) is 5.73. The van der Waals surface area contributed by atoms with Crippen LogP contribution in [-0.2, 0) is 9.31 Å². The number of Topliss-reactive ketones (excluding diaryl/α,β-unsaturated/α-hetero) is 1. The van der Waals surface area contributed by atoms with Gasteiger partial charge in [-0.2, -0.15) is 11.8 Å². The maximum absolute atomic E-state index is 12.8. The molecule has 0 aromatic carbocycles. The summed E-state index contributed by atoms with van der Waals surface area (Å²) in [5, 5.41) is 1.36. The van der Waals surface area contributed by atoms with E-state index in [0.29, 0.717) is 16.2 Å². The van der Waals surface area contributed by atoms with Crippen molar-refractivity contribution in [3.05, 3.63) is 24.0 Å². The standard InChI is InChI=1S/C19H26BNO3S/c1-18(2)19(3,4)24-20(23-18)13-5-8-16(21-11-13)17(22)12-9-14-6-7-15(10-12)25-14/h5,8,11-12,14-15H,6-7,9-10H2,1-4H3. The van der Waals surface area contributed by atoms with Crippen LogP contribution in [0.3, 0.4) is 0 Å². The van der Waals surface area contributed by atoms with E-state index in [1.54, 1.807) is 6.20 Å². The van der Waals surface area contributed by atoms with E-state index in [1.165, 1.54) is 12.8 Å². The molecule has 0 amide bonds. The van der Waals surface area contributed by atoms with Gasteiger partial charge in [-0.3, -0.25) is 9.78 Å². The second-order valence-corrected chi connectivity index (χ2v) is 10.2. The van der Waals surface area contributed by atoms with Gasteiger partial charge in [-0.25, -0.2) is 0 Å². The first kappa shape index (κ1) is 17.6. The summed E-state index contributed by atoms with van der Waals surface area (Å²) in [5.74, 6) is 0.353. The van der Waals surface area contributed by atoms with Crippen molar-refractivity contribution in [3.8, 4) is 0 Å². The second-order valence-electron chi connectivity index (χ2n) is 8.56. The van der Waals surface area contributed by atoms with E-state index in [2.05, 4.69) is 16.7 Å². The third kappa shape index (κ3) is 3.17. The van der Waals surface area contributed by atoms with Crippen LogP contribution in [0.15, 0.2) is 18.3 Å². The minimum absolute atomic E-state index is 0.147. The Balaban J connectivity index is 1.46. The smallest absolute Gasteiger partial charge is 0.399 e. The lowest BCUT2D eigenvalue weighted by molar-refractivity contribution is 0.00578. The van der Waals surface area contributed by atoms with Gasteiger partial charge in [0.2, 0.25) is 0 Å². The van der Waals surface area contributed by atoms with Crippen molar-refractivity contribution in [1.82, 2.24) is 4.98 Å². The van der Waals surface area contributed by atoms with E-state index in [4.69, 9.17) is 9.31 Å². The minimum Gasteiger partial charge on any atom is -0.399 e. The number of hydrogen-bond donors (Lipinski definition) is 0. The highest BCUT2D eigenvalue weighted by Gasteiger charge is 2.51. The SMILES string of the molecule is CC1(C)OB(c2ccc(C(=O)C3CC4CCC(C3)S4)nc2)OC1(C)C. The van der Waals surface area contributed by atoms with Crippen LogP contribution in [0.4, 0.5) is 0 Å². The molecule has 0 aliphatic carbocycles. The first-order valence-electron chi connectivity index (χ1n) is 9.26. The summed E-state index contributed by atoms with van der Waals surface area (Å²) in [6, 6.07) is 3.76. The lowest BCUT2D eigenvalue weighted by Gasteiger charge is -2.32. The van der Waals surface area contributed by atoms with E-state index in [9.17, 15) is 4.79 Å². The average Bonchev–Trinajstić information content (AvgIpc) is 3.01. The summed E-state index contributed by atoms with van der Waals surface area (Å²) in [7, 11) is -0.427. The van der Waals surface area contributed by atoms with E-state index in [-0.39, 0.29) is 22.9 Å². The maximum atomic E-state index is 12.8. The monoisotopic (exact) mass is 359 g/mol. The highest BCUT2D eigenvalue weighted by atomic mass is 32.2. The predicted molar refractivity (Wildman–Crippen MR) is 101 cm³/mol. The summed E-state index contributed by atoms with van der Waals surface area (Å²) in [5.41, 5.74) is 0.710. The molecular weight excluding hydrogens is 333 g/mol. The largest absolute Gasteiger partial charge is 0.496 e. The molecular formula is C19H26BNO3S. The summed E-state index contributed by atoms with van der Waals surface area (Å²) >= 11 is 2.08. The number of hydrogen-bond acceptors (Lipinski definition) is 5. The molecule has 2 bridgehead atoms. The number of aromatic nitrogens is 1. The van der Waals surface area contributed by atoms with Gasteiger partial charge in [-0.1, -0.05) is 6.07 Å². The first-order valence-corrected chi connectivity index (χ1v) is 10.2. The lowest BCUT2D eigenvalue weighted by Crippen LogP contribution is -2.41. The topological polar surface area (TPSA) is 48.4 Å². The number of rotatable bonds is 3. The molecule has 3 aliphatic heterocycles. The van der Waals surface area contributed by atoms with Crippen molar-refractivity contribution in [3.63, 3.8) is 0 Å². The van der Waals surface area contributed by atoms with Crippen LogP contribution in [0, 0.1) is 5.92 Å². The maximum Gasteiger partial charge on any atom is 0.496 e. The van der Waals surface area contributed by atoms with Crippen molar-refractivity contribution in [2.75, 3.05) is 0 Å². The normalized spacial score (nSPS) is 32.8. The fraction of sp³-hybridized carbons (Fsp3) is 0.684. The molecule has 1 aromatic rings. The predicted octanol–water partition coefficient (Wildman–Crippen LogP) is 3.24. The lowest BCUT2D eigenvalue weighted by atomic mass is 9.80. The Bertz CT molecular complexity index is 648. The second kappa shape index (κ2) is 6.10. The Morgan fingerprint density at radius 3 is 2.24 bits per heavy atom. The van der Waals surface area contributed by atoms with Gasteiger partial charge in [0, 0.05) is 28.1 Å². The van der Waals surface area contributed by atoms with Gasteiger partial charge in [-0.05, 0) is 59.4 Å². The van der Waals surface area contributed by atoms with Crippen LogP contribution in [-0.4, -0.2) is 39.6 Å². The van der Waals surface area contributed by atoms with Crippen molar-refractivity contribution in [2.45, 2.75) is 75.1 Å². The molecule has 3 aliphatic rings. The summed E-state index contributed by atoms with van der Waals surface area (Å²) in [4.78, 5) is 17.3. The molecule has 0 saturated carbocycles. The molecule has 4 rings (SSSR count). The number of carbonyl (C=O) groups excluding carboxylic acids is 1. The molecule has 6 heteroatoms. The minimum atomic E-state index is -0.427. The molecule has 0 N–H and O–H groups in total. The number of ketones is 1. The summed E-state index contributed by atoms with van der Waals surface area (Å²) < 4.78 is 12.1. The average molecular weight is 359 g/mol. The Labute approximate surface area is 154 Å². The van der Waals surface area contributed by atoms with Crippen molar-refractivity contribution in [2.24, 2.45) is 5.92 Å². The zero-order chi connectivity index (χ0) is 17.8. The van der Waals surface area contributed by atoms with E-state index < -0.39 is 7.12 Å². The van der Waals surface area contributed by atoms with Gasteiger partial charge in [-0.15, -0.1) is 0 Å². The Hall–Kier alpha value is -0.845. The van der Waals surface area contributed by atoms with Crippen LogP contribution in [0.25, 0.3) is 0 Å². The van der Waals surface area contributed by atoms with Gasteiger partial charge < -0.3 is 9.31 Å². The van der Waals surface area contributed by atoms with E-state index in [1.807, 2.05) is 39.8 Å². The summed E-state index contributed by atoms with van der Waals surface area (Å²) in [6.45, 7) is 8.14. The number of carbonyl (C=O) groups is 1. The van der Waals surface area contributed by atoms with E-state index in [0.717, 1.165) is 18.3 Å². The van der Waals surface area contributed by atoms with Crippen LogP contribution < -0.4 is 5.46 Å². The van der Waals surface area contributed by atoms with Crippen molar-refractivity contribution in [1.29, 1.82) is 0 Å². The van der Waals surface area contributed by atoms with Crippen molar-refractivity contribution >= 4 is 30.1 Å². The third-order valence-electron chi connectivity index (χ3n) is 6.23. The van der Waals surface area contributed by atoms with E-state index >= 15 is 0 Å². The van der Waals surface area contributed by atoms with Gasteiger partial charge in [0.1, 0.15) is 5.69 Å². The van der Waals surface area contributed by atoms with Crippen LogP contribution in [0.1, 0.15) is 63.9 Å². The number of pyridine rings is 1. The molecule has 3 fully saturated rings. The van der Waals surface area contributed by atoms with Gasteiger partial charge >= 0.3 is 7.12 Å². The molecule has 4 nitrogen and oxygen atoms in total. The number of fused-ring (bicyclic) bond motifs is 2. The third-order valence-corrected chi connectivity index (χ3v) is 7.85. The van der Waals surface area contributed by atoms with Crippen LogP contribution in [0.5, 0.6) is 0 Å². The van der Waals surface area contributed by atoms with Gasteiger partial charge in [0.05, 0.1) is 11.2 Å². The molecule has 4 heterocycles. The molecule has 2 atom stereocenters. The number of thioether (sulfide) groups is 1. The van der Waals surface area contributed by atoms with Gasteiger partial charge in [0.15, 0.2) is 5.78 Å². The Morgan fingerprint density at radius 1 is 1.12 bits per heavy atom. The zero-order valence-electron chi connectivity index (χ0n) is 15.5. The molecule has 3 saturated heterocycles. The van der Waals surface area contributed by atoms with Crippen LogP contribution >= 0.6 is 11.8 Å². The first-order chi connectivity index (χ1) is 11.7. The zero-order valence-corrected chi connectivity index (χ0v) is 16.3. The van der Waals surface area contributed by atoms with Gasteiger partial charge in [0.25, 0.3) is 0 Å².